The number of carbonyl (C=O) groups is 2. The number of hydrogen-bond donors (Lipinski definition) is 1. The van der Waals surface area contributed by atoms with E-state index in [0.717, 1.165) is 37.1 Å². The number of Topliss-reactive ketones (excluding diaryl/α,β-unsaturated/α-hetero) is 2. The number of likely N-dealkylation sites (tertiary alicyclic amines) is 1. The van der Waals surface area contributed by atoms with Crippen LogP contribution >= 0.6 is 23.4 Å². The minimum Gasteiger partial charge on any atom is -0.491 e. The molecule has 2 aromatic rings. The summed E-state index contributed by atoms with van der Waals surface area (Å²) in [4.78, 5) is 28.7. The van der Waals surface area contributed by atoms with Crippen LogP contribution in [0.1, 0.15) is 24.8 Å². The predicted octanol–water partition coefficient (Wildman–Crippen LogP) is 5.42. The first kappa shape index (κ1) is 28.0. The number of nitrogens with zero attached hydrogens (tertiary/aromatic N) is 1. The zero-order chi connectivity index (χ0) is 28.4. The number of piperidine rings is 1. The van der Waals surface area contributed by atoms with Crippen LogP contribution in [-0.2, 0) is 14.3 Å². The van der Waals surface area contributed by atoms with Crippen molar-refractivity contribution in [2.75, 3.05) is 32.0 Å². The summed E-state index contributed by atoms with van der Waals surface area (Å²) in [6, 6.07) is 17.2. The van der Waals surface area contributed by atoms with Gasteiger partial charge in [0.2, 0.25) is 11.6 Å². The van der Waals surface area contributed by atoms with E-state index in [4.69, 9.17) is 21.1 Å². The third-order valence-corrected chi connectivity index (χ3v) is 9.71. The van der Waals surface area contributed by atoms with Crippen LogP contribution in [0.25, 0.3) is 5.57 Å². The Morgan fingerprint density at radius 1 is 1.05 bits per heavy atom. The lowest BCUT2D eigenvalue weighted by Gasteiger charge is -2.42. The Bertz CT molecular complexity index is 1440. The molecule has 0 saturated carbocycles. The molecule has 212 valence electrons. The number of β-amino-alcohol motifs (C(OH)–C–C–N with tert-alkyl or cyclic N) is 1. The summed E-state index contributed by atoms with van der Waals surface area (Å²) in [5.41, 5.74) is 2.85. The second-order valence-corrected chi connectivity index (χ2v) is 12.5. The molecule has 0 amide bonds. The molecule has 2 aliphatic heterocycles. The van der Waals surface area contributed by atoms with Gasteiger partial charge in [0.15, 0.2) is 0 Å². The third kappa shape index (κ3) is 6.24. The summed E-state index contributed by atoms with van der Waals surface area (Å²) in [7, 11) is 0. The molecule has 2 unspecified atom stereocenters. The molecule has 0 aromatic heterocycles. The summed E-state index contributed by atoms with van der Waals surface area (Å²) >= 11 is 7.43. The lowest BCUT2D eigenvalue weighted by molar-refractivity contribution is -0.133. The quantitative estimate of drug-likeness (QED) is 0.451. The van der Waals surface area contributed by atoms with Gasteiger partial charge in [-0.15, -0.1) is 11.8 Å². The number of ether oxygens (including phenoxy) is 2. The largest absolute Gasteiger partial charge is 0.491 e. The number of hydrogen-bond acceptors (Lipinski definition) is 7. The van der Waals surface area contributed by atoms with Gasteiger partial charge in [-0.1, -0.05) is 54.1 Å². The summed E-state index contributed by atoms with van der Waals surface area (Å²) < 4.78 is 12.5. The Balaban J connectivity index is 1.13. The van der Waals surface area contributed by atoms with Gasteiger partial charge in [-0.25, -0.2) is 0 Å². The summed E-state index contributed by atoms with van der Waals surface area (Å²) in [6.07, 6.45) is 9.15. The van der Waals surface area contributed by atoms with Gasteiger partial charge in [-0.3, -0.25) is 9.59 Å². The molecular weight excluding hydrogens is 558 g/mol. The molecule has 1 N–H and O–H groups in total. The van der Waals surface area contributed by atoms with E-state index in [1.807, 2.05) is 36.4 Å². The molecule has 2 heterocycles. The Morgan fingerprint density at radius 2 is 1.80 bits per heavy atom. The number of ketones is 2. The van der Waals surface area contributed by atoms with Crippen molar-refractivity contribution in [3.05, 3.63) is 106 Å². The third-order valence-electron chi connectivity index (χ3n) is 8.05. The highest BCUT2D eigenvalue weighted by Crippen LogP contribution is 2.43. The fourth-order valence-electron chi connectivity index (χ4n) is 5.71. The zero-order valence-corrected chi connectivity index (χ0v) is 24.2. The first-order valence-corrected chi connectivity index (χ1v) is 15.4. The maximum Gasteiger partial charge on any atom is 0.230 e. The highest BCUT2D eigenvalue weighted by molar-refractivity contribution is 8.01. The smallest absolute Gasteiger partial charge is 0.230 e. The second-order valence-electron chi connectivity index (χ2n) is 10.9. The molecule has 2 atom stereocenters. The van der Waals surface area contributed by atoms with Gasteiger partial charge in [-0.2, -0.15) is 0 Å². The van der Waals surface area contributed by atoms with Crippen LogP contribution in [0.15, 0.2) is 95.8 Å². The van der Waals surface area contributed by atoms with Crippen LogP contribution in [0.2, 0.25) is 5.02 Å². The van der Waals surface area contributed by atoms with Crippen molar-refractivity contribution in [2.45, 2.75) is 36.2 Å². The first-order chi connectivity index (χ1) is 19.9. The standard InChI is InChI=1S/C33H32ClNO5S/c34-24-8-10-26(11-9-24)39-20-25(36)19-35-16-14-33(15-17-35)21-41-30-18-29(40-33)27-12-6-23(22-4-2-1-3-5-22)7-13-28(27)31(37)32(30)38/h1-5,7-13,18,25,30,36H,6,14-17,19-21H2. The van der Waals surface area contributed by atoms with Gasteiger partial charge >= 0.3 is 0 Å². The number of allylic oxidation sites excluding steroid dienone is 5. The molecule has 6 nitrogen and oxygen atoms in total. The number of benzene rings is 2. The fraction of sp³-hybridized carbons (Fsp3) is 0.333. The average molecular weight is 590 g/mol. The highest BCUT2D eigenvalue weighted by atomic mass is 35.5. The zero-order valence-electron chi connectivity index (χ0n) is 22.6. The summed E-state index contributed by atoms with van der Waals surface area (Å²) in [5.74, 6) is 1.10. The van der Waals surface area contributed by atoms with Crippen molar-refractivity contribution in [1.82, 2.24) is 4.90 Å². The normalized spacial score (nSPS) is 23.0. The van der Waals surface area contributed by atoms with Crippen LogP contribution in [0.4, 0.5) is 0 Å². The van der Waals surface area contributed by atoms with E-state index in [1.54, 1.807) is 30.3 Å². The van der Waals surface area contributed by atoms with Crippen molar-refractivity contribution < 1.29 is 24.2 Å². The number of carbonyl (C=O) groups excluding carboxylic acids is 2. The van der Waals surface area contributed by atoms with Crippen molar-refractivity contribution >= 4 is 40.5 Å². The van der Waals surface area contributed by atoms with Gasteiger partial charge in [0, 0.05) is 54.4 Å². The Labute approximate surface area is 249 Å². The van der Waals surface area contributed by atoms with Crippen molar-refractivity contribution in [2.24, 2.45) is 0 Å². The summed E-state index contributed by atoms with van der Waals surface area (Å²) in [5, 5.41) is 10.7. The molecule has 41 heavy (non-hydrogen) atoms. The fourth-order valence-corrected chi connectivity index (χ4v) is 7.14. The number of aliphatic hydroxyl groups is 1. The molecule has 6 rings (SSSR count). The Hall–Kier alpha value is -3.10. The van der Waals surface area contributed by atoms with Crippen molar-refractivity contribution in [3.63, 3.8) is 0 Å². The van der Waals surface area contributed by atoms with Crippen LogP contribution in [0.5, 0.6) is 5.75 Å². The molecule has 1 spiro atoms. The Morgan fingerprint density at radius 3 is 2.56 bits per heavy atom. The van der Waals surface area contributed by atoms with Crippen molar-refractivity contribution in [1.29, 1.82) is 0 Å². The number of halogens is 1. The second kappa shape index (κ2) is 12.0. The average Bonchev–Trinajstić information content (AvgIpc) is 3.36. The molecular formula is C33H32ClNO5S. The number of aliphatic hydroxyl groups excluding tert-OH is 1. The van der Waals surface area contributed by atoms with E-state index in [9.17, 15) is 14.7 Å². The van der Waals surface area contributed by atoms with E-state index in [1.165, 1.54) is 11.8 Å². The predicted molar refractivity (Wildman–Crippen MR) is 162 cm³/mol. The number of rotatable bonds is 6. The Kier molecular flexibility index (Phi) is 8.22. The molecule has 2 aromatic carbocycles. The van der Waals surface area contributed by atoms with E-state index in [-0.39, 0.29) is 12.4 Å². The SMILES string of the molecule is O=C1C(=O)C2C=C(OC3(CCN(CC(O)COc4ccc(Cl)cc4)CC3)CS2)C2=CCC(c3ccccc3)=CC=C12. The van der Waals surface area contributed by atoms with Crippen LogP contribution < -0.4 is 4.74 Å². The molecule has 4 aliphatic rings. The molecule has 1 fully saturated rings. The van der Waals surface area contributed by atoms with Gasteiger partial charge in [0.25, 0.3) is 0 Å². The van der Waals surface area contributed by atoms with Crippen molar-refractivity contribution in [3.8, 4) is 5.75 Å². The summed E-state index contributed by atoms with van der Waals surface area (Å²) in [6.45, 7) is 2.21. The number of thioether (sulfide) groups is 1. The van der Waals surface area contributed by atoms with E-state index in [2.05, 4.69) is 17.0 Å². The monoisotopic (exact) mass is 589 g/mol. The van der Waals surface area contributed by atoms with Gasteiger partial charge < -0.3 is 19.5 Å². The lowest BCUT2D eigenvalue weighted by atomic mass is 9.92. The molecule has 8 heteroatoms. The van der Waals surface area contributed by atoms with Gasteiger partial charge in [0.05, 0.1) is 5.25 Å². The molecule has 2 aliphatic carbocycles. The topological polar surface area (TPSA) is 76.1 Å². The van der Waals surface area contributed by atoms with E-state index in [0.29, 0.717) is 46.4 Å². The molecule has 0 radical (unpaired) electrons. The number of fused-ring (bicyclic) bond motifs is 3. The van der Waals surface area contributed by atoms with Crippen LogP contribution in [0.3, 0.4) is 0 Å². The van der Waals surface area contributed by atoms with Crippen LogP contribution in [0, 0.1) is 0 Å². The van der Waals surface area contributed by atoms with E-state index < -0.39 is 22.7 Å². The molecule has 2 bridgehead atoms. The minimum atomic E-state index is -0.631. The lowest BCUT2D eigenvalue weighted by Crippen LogP contribution is -2.50. The van der Waals surface area contributed by atoms with Gasteiger partial charge in [-0.05, 0) is 54.0 Å². The highest BCUT2D eigenvalue weighted by Gasteiger charge is 2.45. The first-order valence-electron chi connectivity index (χ1n) is 14.0. The minimum absolute atomic E-state index is 0.197. The van der Waals surface area contributed by atoms with E-state index >= 15 is 0 Å². The van der Waals surface area contributed by atoms with Gasteiger partial charge in [0.1, 0.15) is 29.8 Å². The maximum atomic E-state index is 13.3. The molecule has 1 saturated heterocycles. The van der Waals surface area contributed by atoms with Crippen LogP contribution in [-0.4, -0.2) is 70.5 Å². The maximum absolute atomic E-state index is 13.3.